The summed E-state index contributed by atoms with van der Waals surface area (Å²) in [4.78, 5) is 10.2. The molecule has 1 N–H and O–H groups in total. The molecule has 0 aliphatic rings. The van der Waals surface area contributed by atoms with Crippen molar-refractivity contribution < 1.29 is 5.11 Å². The highest BCUT2D eigenvalue weighted by atomic mass is 16.3. The molecule has 0 saturated carbocycles. The third-order valence-corrected chi connectivity index (χ3v) is 9.99. The first-order chi connectivity index (χ1) is 24.6. The van der Waals surface area contributed by atoms with Crippen LogP contribution in [-0.4, -0.2) is 19.6 Å². The molecule has 0 radical (unpaired) electrons. The van der Waals surface area contributed by atoms with Gasteiger partial charge in [-0.3, -0.25) is 9.55 Å². The number of imidazole rings is 1. The van der Waals surface area contributed by atoms with Crippen molar-refractivity contribution in [3.63, 3.8) is 0 Å². The molecule has 5 aromatic carbocycles. The van der Waals surface area contributed by atoms with E-state index < -0.39 is 0 Å². The van der Waals surface area contributed by atoms with Crippen molar-refractivity contribution in [2.75, 3.05) is 0 Å². The van der Waals surface area contributed by atoms with Gasteiger partial charge < -0.3 is 5.11 Å². The van der Waals surface area contributed by atoms with Crippen LogP contribution >= 0.6 is 0 Å². The van der Waals surface area contributed by atoms with E-state index in [1.165, 1.54) is 16.7 Å². The van der Waals surface area contributed by atoms with Gasteiger partial charge in [0.2, 0.25) is 0 Å². The molecule has 52 heavy (non-hydrogen) atoms. The van der Waals surface area contributed by atoms with E-state index in [9.17, 15) is 5.11 Å². The molecule has 7 rings (SSSR count). The highest BCUT2D eigenvalue weighted by Crippen LogP contribution is 2.43. The third kappa shape index (κ3) is 6.78. The van der Waals surface area contributed by atoms with Crippen molar-refractivity contribution in [1.82, 2.24) is 14.5 Å². The van der Waals surface area contributed by atoms with E-state index in [2.05, 4.69) is 152 Å². The summed E-state index contributed by atoms with van der Waals surface area (Å²) in [6.45, 7) is 20.4. The topological polar surface area (TPSA) is 50.9 Å². The Morgan fingerprint density at radius 2 is 1.08 bits per heavy atom. The van der Waals surface area contributed by atoms with E-state index in [0.717, 1.165) is 50.2 Å². The maximum atomic E-state index is 11.4. The van der Waals surface area contributed by atoms with Gasteiger partial charge in [-0.2, -0.15) is 0 Å². The quantitative estimate of drug-likeness (QED) is 0.196. The molecule has 0 aliphatic heterocycles. The Hall–Kier alpha value is -5.48. The van der Waals surface area contributed by atoms with Crippen LogP contribution in [0.2, 0.25) is 0 Å². The van der Waals surface area contributed by atoms with Crippen LogP contribution in [0.25, 0.3) is 61.6 Å². The van der Waals surface area contributed by atoms with E-state index in [1.807, 2.05) is 36.5 Å². The summed E-state index contributed by atoms with van der Waals surface area (Å²) in [5.41, 5.74) is 13.3. The number of hydrogen-bond donors (Lipinski definition) is 1. The van der Waals surface area contributed by atoms with Crippen molar-refractivity contribution in [3.8, 4) is 56.3 Å². The van der Waals surface area contributed by atoms with E-state index in [0.29, 0.717) is 11.4 Å². The summed E-state index contributed by atoms with van der Waals surface area (Å²) in [7, 11) is 0. The molecule has 2 heterocycles. The number of pyridine rings is 1. The normalized spacial score (nSPS) is 12.4. The van der Waals surface area contributed by atoms with Crippen LogP contribution in [0.5, 0.6) is 5.75 Å². The van der Waals surface area contributed by atoms with Gasteiger partial charge in [0.15, 0.2) is 0 Å². The van der Waals surface area contributed by atoms with Crippen LogP contribution < -0.4 is 0 Å². The molecule has 0 fully saturated rings. The van der Waals surface area contributed by atoms with E-state index in [-0.39, 0.29) is 22.0 Å². The second kappa shape index (κ2) is 12.9. The molecule has 0 saturated heterocycles. The first-order valence-electron chi connectivity index (χ1n) is 18.2. The Balaban J connectivity index is 1.63. The van der Waals surface area contributed by atoms with Gasteiger partial charge in [0.1, 0.15) is 11.6 Å². The predicted molar refractivity (Wildman–Crippen MR) is 218 cm³/mol. The van der Waals surface area contributed by atoms with Crippen molar-refractivity contribution in [2.24, 2.45) is 0 Å². The summed E-state index contributed by atoms with van der Waals surface area (Å²) in [5.74, 6) is 0.902. The van der Waals surface area contributed by atoms with Crippen LogP contribution in [0.3, 0.4) is 0 Å². The zero-order chi connectivity index (χ0) is 37.0. The fourth-order valence-electron chi connectivity index (χ4n) is 6.80. The average Bonchev–Trinajstić information content (AvgIpc) is 3.50. The van der Waals surface area contributed by atoms with Crippen LogP contribution in [0.1, 0.15) is 79.0 Å². The van der Waals surface area contributed by atoms with E-state index >= 15 is 0 Å². The van der Waals surface area contributed by atoms with Gasteiger partial charge in [0.05, 0.1) is 22.3 Å². The molecule has 4 nitrogen and oxygen atoms in total. The molecule has 0 aliphatic carbocycles. The minimum absolute atomic E-state index is 0.0804. The number of phenols is 1. The smallest absolute Gasteiger partial charge is 0.149 e. The number of aromatic hydroxyl groups is 1. The van der Waals surface area contributed by atoms with Crippen molar-refractivity contribution in [1.29, 1.82) is 0 Å². The van der Waals surface area contributed by atoms with Gasteiger partial charge in [-0.25, -0.2) is 4.98 Å². The highest BCUT2D eigenvalue weighted by molar-refractivity contribution is 5.98. The standard InChI is InChI=1S/C48H49N3O/c1-46(2,3)35-26-36(47(4,5)6)28-38(27-35)51-42-30-37(48(7,8)9)29-40(44(42)50-45(51)39-19-13-14-21-43(39)52)33-23-32(31-17-11-10-12-18-31)24-34(25-33)41-20-15-16-22-49-41/h10-30,52H,1-9H3. The fraction of sp³-hybridized carbons (Fsp3) is 0.250. The molecule has 0 unspecified atom stereocenters. The lowest BCUT2D eigenvalue weighted by atomic mass is 9.80. The molecule has 262 valence electrons. The summed E-state index contributed by atoms with van der Waals surface area (Å²) in [6.07, 6.45) is 1.85. The monoisotopic (exact) mass is 683 g/mol. The molecular weight excluding hydrogens is 635 g/mol. The van der Waals surface area contributed by atoms with Crippen LogP contribution in [0, 0.1) is 0 Å². The fourth-order valence-corrected chi connectivity index (χ4v) is 6.80. The Bertz CT molecular complexity index is 2310. The number of para-hydroxylation sites is 1. The van der Waals surface area contributed by atoms with Crippen molar-refractivity contribution in [2.45, 2.75) is 78.6 Å². The highest BCUT2D eigenvalue weighted by Gasteiger charge is 2.27. The zero-order valence-electron chi connectivity index (χ0n) is 31.9. The van der Waals surface area contributed by atoms with Gasteiger partial charge in [0, 0.05) is 23.0 Å². The maximum absolute atomic E-state index is 11.4. The molecule has 2 aromatic heterocycles. The zero-order valence-corrected chi connectivity index (χ0v) is 31.9. The van der Waals surface area contributed by atoms with Crippen LogP contribution in [0.4, 0.5) is 0 Å². The van der Waals surface area contributed by atoms with Gasteiger partial charge in [-0.05, 0) is 116 Å². The van der Waals surface area contributed by atoms with Crippen LogP contribution in [-0.2, 0) is 16.2 Å². The second-order valence-electron chi connectivity index (χ2n) is 17.1. The van der Waals surface area contributed by atoms with E-state index in [4.69, 9.17) is 9.97 Å². The molecular formula is C48H49N3O. The minimum Gasteiger partial charge on any atom is -0.507 e. The molecule has 7 aromatic rings. The van der Waals surface area contributed by atoms with Gasteiger partial charge in [0.25, 0.3) is 0 Å². The first-order valence-corrected chi connectivity index (χ1v) is 18.2. The van der Waals surface area contributed by atoms with Gasteiger partial charge in [-0.15, -0.1) is 0 Å². The van der Waals surface area contributed by atoms with Crippen molar-refractivity contribution in [3.05, 3.63) is 144 Å². The predicted octanol–water partition coefficient (Wildman–Crippen LogP) is 12.7. The summed E-state index contributed by atoms with van der Waals surface area (Å²) in [5, 5.41) is 11.4. The minimum atomic E-state index is -0.155. The SMILES string of the molecule is CC(C)(C)c1cc(-n2c(-c3ccccc3O)nc3c(-c4cc(-c5ccccc5)cc(-c5ccccn5)c4)cc(C(C)(C)C)cc32)cc(C(C)(C)C)c1. The summed E-state index contributed by atoms with van der Waals surface area (Å²) in [6, 6.07) is 42.4. The number of nitrogens with zero attached hydrogens (tertiary/aromatic N) is 3. The molecule has 4 heteroatoms. The maximum Gasteiger partial charge on any atom is 0.149 e. The molecule has 0 spiro atoms. The average molecular weight is 684 g/mol. The molecule has 0 amide bonds. The lowest BCUT2D eigenvalue weighted by molar-refractivity contribution is 0.477. The number of hydrogen-bond acceptors (Lipinski definition) is 3. The molecule has 0 atom stereocenters. The van der Waals surface area contributed by atoms with Crippen molar-refractivity contribution >= 4 is 11.0 Å². The number of rotatable bonds is 5. The Morgan fingerprint density at radius 3 is 1.69 bits per heavy atom. The largest absolute Gasteiger partial charge is 0.507 e. The molecule has 0 bridgehead atoms. The number of aromatic nitrogens is 3. The van der Waals surface area contributed by atoms with Gasteiger partial charge >= 0.3 is 0 Å². The lowest BCUT2D eigenvalue weighted by Gasteiger charge is -2.27. The Kier molecular flexibility index (Phi) is 8.69. The van der Waals surface area contributed by atoms with E-state index in [1.54, 1.807) is 6.07 Å². The third-order valence-electron chi connectivity index (χ3n) is 9.99. The first kappa shape index (κ1) is 34.9. The Morgan fingerprint density at radius 1 is 0.500 bits per heavy atom. The number of phenolic OH excluding ortho intramolecular Hbond substituents is 1. The Labute approximate surface area is 308 Å². The summed E-state index contributed by atoms with van der Waals surface area (Å²) >= 11 is 0. The van der Waals surface area contributed by atoms with Crippen LogP contribution in [0.15, 0.2) is 128 Å². The number of benzene rings is 5. The number of fused-ring (bicyclic) bond motifs is 1. The summed E-state index contributed by atoms with van der Waals surface area (Å²) < 4.78 is 2.27. The second-order valence-corrected chi connectivity index (χ2v) is 17.1. The lowest BCUT2D eigenvalue weighted by Crippen LogP contribution is -2.17. The van der Waals surface area contributed by atoms with Gasteiger partial charge in [-0.1, -0.05) is 117 Å².